The topological polar surface area (TPSA) is 171 Å². The number of carbonyl (C=O) groups excluding carboxylic acids is 3. The Balaban J connectivity index is 0.000000137. The Kier molecular flexibility index (Phi) is 26.9. The third kappa shape index (κ3) is 17.4. The molecule has 3 amide bonds. The Morgan fingerprint density at radius 2 is 0.952 bits per heavy atom. The molecular formula is C91H97Cl3F6N14O7S3. The maximum absolute atomic E-state index is 15.2. The average Bonchev–Trinajstić information content (AvgIpc) is 0.847. The molecule has 21 nitrogen and oxygen atoms in total. The van der Waals surface area contributed by atoms with Crippen LogP contribution in [-0.4, -0.2) is 258 Å². The molecule has 10 aliphatic rings. The van der Waals surface area contributed by atoms with Crippen molar-refractivity contribution in [2.75, 3.05) is 176 Å². The van der Waals surface area contributed by atoms with Crippen LogP contribution in [0.15, 0.2) is 152 Å². The number of amides is 3. The van der Waals surface area contributed by atoms with Gasteiger partial charge in [-0.3, -0.25) is 33.5 Å². The van der Waals surface area contributed by atoms with Crippen LogP contribution in [0, 0.1) is 41.8 Å². The van der Waals surface area contributed by atoms with Gasteiger partial charge in [-0.25, -0.2) is 36.1 Å². The normalized spacial score (nSPS) is 21.6. The first-order chi connectivity index (χ1) is 59.7. The monoisotopic (exact) mass is 1810 g/mol. The summed E-state index contributed by atoms with van der Waals surface area (Å²) in [6.45, 7) is 38.5. The summed E-state index contributed by atoms with van der Waals surface area (Å²) in [6.07, 6.45) is 6.99. The van der Waals surface area contributed by atoms with Crippen molar-refractivity contribution in [1.29, 1.82) is 0 Å². The van der Waals surface area contributed by atoms with Crippen LogP contribution in [0.25, 0.3) is 55.2 Å². The van der Waals surface area contributed by atoms with Crippen molar-refractivity contribution in [1.82, 2.24) is 48.4 Å². The second-order valence-corrected chi connectivity index (χ2v) is 37.2. The molecule has 18 rings (SSSR count). The van der Waals surface area contributed by atoms with E-state index in [1.165, 1.54) is 61.0 Å². The van der Waals surface area contributed by atoms with E-state index in [2.05, 4.69) is 67.6 Å². The van der Waals surface area contributed by atoms with Crippen molar-refractivity contribution in [3.63, 3.8) is 0 Å². The molecule has 33 heteroatoms. The van der Waals surface area contributed by atoms with E-state index in [9.17, 15) is 37.1 Å². The summed E-state index contributed by atoms with van der Waals surface area (Å²) in [7, 11) is 0. The number of benzene rings is 6. The van der Waals surface area contributed by atoms with E-state index in [4.69, 9.17) is 49.3 Å². The number of aliphatic imine (C=N–C) groups is 1. The lowest BCUT2D eigenvalue weighted by atomic mass is 9.96. The molecule has 3 unspecified atom stereocenters. The molecule has 6 atom stereocenters. The standard InChI is InChI=1S/C31H33ClF2N4O3S.2C30H32ClF2N5O2S/c1-4-26(39)36-7-8-37(18(2)15-36)28-19(3)31(40)38-21(16-35-9-11-41-12-10-35)17-42-30-27(24(32)14-23(28)29(30)38)22-6-5-20(33)13-25(22)34;1-4-26(39)36-7-8-37(18(2)15-36)30-23-14-24(31)27(22-6-5-20(32)13-25(22)33)29-28(23)38(19(3)34-30)21(17-41-29)16-35-9-11-40-12-10-35;1-3-25(39)36-12-13-37(18(2)16-36)29-22-15-23(31)26(21-8-7-19(32)14-24(21)33)28-27(22)38(30(40)34-29)20(17-41-28)6-4-9-35-10-5-11-35/h4-6,13-14,18,21H,1,7-12,15-17H2,2-3H3;4-6,13-14,18,21H,1,3,7-12,15-17H2,2H3;3,7-8,14-15,18,20H,1,4-6,9-13,16-17H2,2H3/t2*18-,21?;18-,20?/m000/s1. The smallest absolute Gasteiger partial charge is 0.350 e. The maximum atomic E-state index is 15.2. The largest absolute Gasteiger partial charge is 0.379 e. The van der Waals surface area contributed by atoms with Crippen molar-refractivity contribution in [2.24, 2.45) is 4.99 Å². The Morgan fingerprint density at radius 1 is 0.508 bits per heavy atom. The lowest BCUT2D eigenvalue weighted by Gasteiger charge is -2.47. The number of nitrogens with zero attached hydrogens (tertiary/aromatic N) is 14. The number of halogens is 9. The van der Waals surface area contributed by atoms with Crippen LogP contribution in [0.5, 0.6) is 0 Å². The number of aromatic nitrogens is 3. The Bertz CT molecular complexity index is 5770. The Morgan fingerprint density at radius 3 is 1.44 bits per heavy atom. The summed E-state index contributed by atoms with van der Waals surface area (Å²) >= 11 is 25.5. The molecule has 0 spiro atoms. The zero-order valence-electron chi connectivity index (χ0n) is 69.5. The third-order valence-corrected chi connectivity index (χ3v) is 29.7. The van der Waals surface area contributed by atoms with Gasteiger partial charge < -0.3 is 53.2 Å². The number of rotatable bonds is 16. The molecular weight excluding hydrogens is 1720 g/mol. The van der Waals surface area contributed by atoms with E-state index >= 15 is 13.2 Å². The van der Waals surface area contributed by atoms with Crippen LogP contribution in [-0.2, 0) is 23.9 Å². The molecule has 8 aromatic rings. The van der Waals surface area contributed by atoms with Crippen LogP contribution >= 0.6 is 70.1 Å². The zero-order valence-corrected chi connectivity index (χ0v) is 74.2. The fraction of sp³-hybridized carbons (Fsp3) is 0.418. The summed E-state index contributed by atoms with van der Waals surface area (Å²) in [5.74, 6) is -0.588. The van der Waals surface area contributed by atoms with Gasteiger partial charge in [0.15, 0.2) is 0 Å². The molecule has 654 valence electrons. The van der Waals surface area contributed by atoms with Crippen LogP contribution in [0.2, 0.25) is 15.1 Å². The number of hydrogen-bond acceptors (Lipinski definition) is 19. The highest BCUT2D eigenvalue weighted by Crippen LogP contribution is 2.55. The summed E-state index contributed by atoms with van der Waals surface area (Å²) in [4.78, 5) is 97.9. The maximum Gasteiger partial charge on any atom is 0.350 e. The molecule has 0 bridgehead atoms. The van der Waals surface area contributed by atoms with E-state index in [0.717, 1.165) is 128 Å². The summed E-state index contributed by atoms with van der Waals surface area (Å²) < 4.78 is 102. The number of hydrogen-bond donors (Lipinski definition) is 0. The summed E-state index contributed by atoms with van der Waals surface area (Å²) in [5, 5.41) is 2.54. The number of carbonyl (C=O) groups is 3. The first kappa shape index (κ1) is 88.6. The van der Waals surface area contributed by atoms with Gasteiger partial charge >= 0.3 is 5.69 Å². The number of piperazine rings is 3. The van der Waals surface area contributed by atoms with E-state index in [-0.39, 0.29) is 81.9 Å². The van der Waals surface area contributed by atoms with Gasteiger partial charge in [-0.15, -0.1) is 35.3 Å². The molecule has 124 heavy (non-hydrogen) atoms. The zero-order chi connectivity index (χ0) is 87.4. The quantitative estimate of drug-likeness (QED) is 0.0660. The van der Waals surface area contributed by atoms with Gasteiger partial charge in [0.25, 0.3) is 5.56 Å². The molecule has 0 saturated carbocycles. The fourth-order valence-corrected chi connectivity index (χ4v) is 24.0. The number of pyridine rings is 1. The Hall–Kier alpha value is -8.79. The van der Waals surface area contributed by atoms with Crippen molar-refractivity contribution >= 4 is 133 Å². The van der Waals surface area contributed by atoms with Gasteiger partial charge in [-0.2, -0.15) is 4.98 Å². The van der Waals surface area contributed by atoms with E-state index in [1.807, 2.05) is 42.4 Å². The second kappa shape index (κ2) is 37.6. The highest BCUT2D eigenvalue weighted by Gasteiger charge is 2.44. The number of ether oxygens (including phenoxy) is 2. The molecule has 0 N–H and O–H groups in total. The predicted octanol–water partition coefficient (Wildman–Crippen LogP) is 15.3. The first-order valence-electron chi connectivity index (χ1n) is 42.0. The molecule has 10 aliphatic heterocycles. The SMILES string of the molecule is C=CC(=O)N1CCN(C2=NC(=C)N3c4c2cc(Cl)c(-c2ccc(F)cc2F)c4SCC3CN2CCOCC2)[C@@H](C)C1.C=CC(=O)N1CCN(c2c(C)c(=O)n3c4c(c(-c5ccc(F)cc5F)c(Cl)cc24)SCC3CN2CCOCC2)[C@@H](C)C1.C=CC(=O)N1CCN(c2nc(=O)n3c4c(c(-c5ccc(F)cc5F)c(Cl)cc24)SCC3CCCN2CCC2)[C@@H](C)C1. The second-order valence-electron chi connectivity index (χ2n) is 32.9. The van der Waals surface area contributed by atoms with Crippen LogP contribution in [0.4, 0.5) is 43.5 Å². The van der Waals surface area contributed by atoms with Crippen LogP contribution < -0.4 is 25.9 Å². The van der Waals surface area contributed by atoms with Crippen LogP contribution in [0.1, 0.15) is 63.2 Å². The van der Waals surface area contributed by atoms with Gasteiger partial charge in [0, 0.05) is 228 Å². The number of likely N-dealkylation sites (tertiary alicyclic amines) is 1. The molecule has 0 radical (unpaired) electrons. The van der Waals surface area contributed by atoms with Crippen LogP contribution in [0.3, 0.4) is 0 Å². The molecule has 12 heterocycles. The molecule has 6 aromatic carbocycles. The number of thioether (sulfide) groups is 3. The molecule has 0 aliphatic carbocycles. The number of amidine groups is 1. The lowest BCUT2D eigenvalue weighted by molar-refractivity contribution is -0.128. The van der Waals surface area contributed by atoms with E-state index in [0.29, 0.717) is 173 Å². The first-order valence-corrected chi connectivity index (χ1v) is 46.1. The molecule has 2 aromatic heterocycles. The van der Waals surface area contributed by atoms with Crippen molar-refractivity contribution in [3.05, 3.63) is 205 Å². The van der Waals surface area contributed by atoms with Gasteiger partial charge in [-0.1, -0.05) is 61.1 Å². The third-order valence-electron chi connectivity index (χ3n) is 25.1. The average molecular weight is 1820 g/mol. The minimum absolute atomic E-state index is 0.0187. The molecule has 6 saturated heterocycles. The highest BCUT2D eigenvalue weighted by molar-refractivity contribution is 8.00. The van der Waals surface area contributed by atoms with Gasteiger partial charge in [0.1, 0.15) is 52.4 Å². The van der Waals surface area contributed by atoms with E-state index < -0.39 is 34.9 Å². The predicted molar refractivity (Wildman–Crippen MR) is 484 cm³/mol. The molecule has 6 fully saturated rings. The van der Waals surface area contributed by atoms with Crippen molar-refractivity contribution in [3.8, 4) is 33.4 Å². The van der Waals surface area contributed by atoms with Gasteiger partial charge in [-0.05, 0) is 139 Å². The minimum atomic E-state index is -0.709. The lowest BCUT2D eigenvalue weighted by Crippen LogP contribution is -2.57. The number of anilines is 3. The number of morpholine rings is 2. The van der Waals surface area contributed by atoms with Crippen molar-refractivity contribution in [2.45, 2.75) is 97.9 Å². The fourth-order valence-electron chi connectivity index (χ4n) is 18.9. The van der Waals surface area contributed by atoms with E-state index in [1.54, 1.807) is 60.6 Å². The highest BCUT2D eigenvalue weighted by atomic mass is 35.5. The van der Waals surface area contributed by atoms with Gasteiger partial charge in [0.05, 0.1) is 76.0 Å². The van der Waals surface area contributed by atoms with Crippen molar-refractivity contribution < 1.29 is 50.2 Å². The summed E-state index contributed by atoms with van der Waals surface area (Å²) in [5.41, 5.74) is 6.21. The summed E-state index contributed by atoms with van der Waals surface area (Å²) in [6, 6.07) is 15.7. The minimum Gasteiger partial charge on any atom is -0.379 e. The van der Waals surface area contributed by atoms with Gasteiger partial charge in [0.2, 0.25) is 17.7 Å². The Labute approximate surface area is 743 Å².